The summed E-state index contributed by atoms with van der Waals surface area (Å²) in [5.74, 6) is -2.86. The summed E-state index contributed by atoms with van der Waals surface area (Å²) in [6, 6.07) is 2.79. The molecule has 0 spiro atoms. The van der Waals surface area contributed by atoms with Crippen molar-refractivity contribution < 1.29 is 32.4 Å². The van der Waals surface area contributed by atoms with E-state index in [1.54, 1.807) is 6.92 Å². The van der Waals surface area contributed by atoms with Gasteiger partial charge >= 0.3 is 11.9 Å². The van der Waals surface area contributed by atoms with Gasteiger partial charge in [-0.3, -0.25) is 14.9 Å². The number of sulfone groups is 1. The number of esters is 2. The molecule has 0 radical (unpaired) electrons. The first kappa shape index (κ1) is 18.6. The quantitative estimate of drug-likeness (QED) is 0.408. The monoisotopic (exact) mass is 345 g/mol. The van der Waals surface area contributed by atoms with Crippen molar-refractivity contribution in [3.8, 4) is 0 Å². The van der Waals surface area contributed by atoms with Gasteiger partial charge in [-0.1, -0.05) is 0 Å². The van der Waals surface area contributed by atoms with E-state index in [9.17, 15) is 28.1 Å². The Balaban J connectivity index is 3.28. The van der Waals surface area contributed by atoms with Crippen LogP contribution in [0.3, 0.4) is 0 Å². The van der Waals surface area contributed by atoms with E-state index in [4.69, 9.17) is 4.74 Å². The molecule has 1 aromatic carbocycles. The largest absolute Gasteiger partial charge is 0.465 e. The second-order valence-corrected chi connectivity index (χ2v) is 6.18. The van der Waals surface area contributed by atoms with Crippen molar-refractivity contribution in [1.82, 2.24) is 0 Å². The van der Waals surface area contributed by atoms with Crippen LogP contribution in [0.5, 0.6) is 0 Å². The average molecular weight is 345 g/mol. The molecule has 0 amide bonds. The maximum Gasteiger partial charge on any atom is 0.338 e. The molecule has 0 bridgehead atoms. The lowest BCUT2D eigenvalue weighted by molar-refractivity contribution is -0.387. The molecule has 0 aliphatic heterocycles. The SMILES string of the molecule is CCOC(=O)CS(=O)(=O)c1ccc(C(=O)OCC)cc1[N+](=O)[O-]. The first-order valence-electron chi connectivity index (χ1n) is 6.56. The lowest BCUT2D eigenvalue weighted by atomic mass is 10.2. The van der Waals surface area contributed by atoms with Crippen LogP contribution in [0, 0.1) is 10.1 Å². The Kier molecular flexibility index (Phi) is 6.19. The normalized spacial score (nSPS) is 10.9. The highest BCUT2D eigenvalue weighted by Gasteiger charge is 2.30. The van der Waals surface area contributed by atoms with Gasteiger partial charge in [0.15, 0.2) is 15.6 Å². The highest BCUT2D eigenvalue weighted by Crippen LogP contribution is 2.26. The second-order valence-electron chi connectivity index (χ2n) is 4.22. The van der Waals surface area contributed by atoms with Crippen LogP contribution in [0.4, 0.5) is 5.69 Å². The van der Waals surface area contributed by atoms with E-state index in [1.165, 1.54) is 6.92 Å². The molecule has 9 nitrogen and oxygen atoms in total. The van der Waals surface area contributed by atoms with Crippen molar-refractivity contribution >= 4 is 27.5 Å². The maximum absolute atomic E-state index is 12.1. The third kappa shape index (κ3) is 4.74. The summed E-state index contributed by atoms with van der Waals surface area (Å²) in [5, 5.41) is 11.1. The lowest BCUT2D eigenvalue weighted by Crippen LogP contribution is -2.20. The second kappa shape index (κ2) is 7.68. The van der Waals surface area contributed by atoms with Crippen molar-refractivity contribution in [3.63, 3.8) is 0 Å². The van der Waals surface area contributed by atoms with Crippen LogP contribution < -0.4 is 0 Å². The zero-order valence-electron chi connectivity index (χ0n) is 12.5. The minimum absolute atomic E-state index is 0.0156. The predicted molar refractivity (Wildman–Crippen MR) is 77.7 cm³/mol. The van der Waals surface area contributed by atoms with Crippen molar-refractivity contribution in [2.75, 3.05) is 19.0 Å². The Morgan fingerprint density at radius 2 is 1.78 bits per heavy atom. The van der Waals surface area contributed by atoms with E-state index >= 15 is 0 Å². The number of nitrogens with zero attached hydrogens (tertiary/aromatic N) is 1. The molecular weight excluding hydrogens is 330 g/mol. The van der Waals surface area contributed by atoms with E-state index < -0.39 is 43.0 Å². The Morgan fingerprint density at radius 3 is 2.30 bits per heavy atom. The van der Waals surface area contributed by atoms with Crippen LogP contribution in [0.25, 0.3) is 0 Å². The molecule has 10 heteroatoms. The fourth-order valence-electron chi connectivity index (χ4n) is 1.70. The van der Waals surface area contributed by atoms with Crippen molar-refractivity contribution in [2.45, 2.75) is 18.7 Å². The molecule has 1 rings (SSSR count). The van der Waals surface area contributed by atoms with Gasteiger partial charge < -0.3 is 9.47 Å². The van der Waals surface area contributed by atoms with E-state index in [2.05, 4.69) is 4.74 Å². The molecule has 0 saturated carbocycles. The fourth-order valence-corrected chi connectivity index (χ4v) is 2.98. The van der Waals surface area contributed by atoms with Crippen molar-refractivity contribution in [2.24, 2.45) is 0 Å². The van der Waals surface area contributed by atoms with Crippen molar-refractivity contribution in [1.29, 1.82) is 0 Å². The number of nitro groups is 1. The average Bonchev–Trinajstić information content (AvgIpc) is 2.46. The van der Waals surface area contributed by atoms with Crippen LogP contribution in [-0.4, -0.2) is 44.2 Å². The Morgan fingerprint density at radius 1 is 1.17 bits per heavy atom. The van der Waals surface area contributed by atoms with Crippen LogP contribution in [0.15, 0.2) is 23.1 Å². The maximum atomic E-state index is 12.1. The van der Waals surface area contributed by atoms with Crippen LogP contribution in [-0.2, 0) is 24.1 Å². The molecular formula is C13H15NO8S. The number of hydrogen-bond acceptors (Lipinski definition) is 8. The standard InChI is InChI=1S/C13H15NO8S/c1-3-21-12(15)8-23(19,20)11-6-5-9(13(16)22-4-2)7-10(11)14(17)18/h5-7H,3-4,8H2,1-2H3. The van der Waals surface area contributed by atoms with Gasteiger partial charge in [0.25, 0.3) is 5.69 Å². The number of benzene rings is 1. The molecule has 0 heterocycles. The van der Waals surface area contributed by atoms with E-state index in [-0.39, 0.29) is 18.8 Å². The number of carbonyl (C=O) groups excluding carboxylic acids is 2. The number of rotatable bonds is 7. The van der Waals surface area contributed by atoms with Crippen LogP contribution in [0.2, 0.25) is 0 Å². The molecule has 0 unspecified atom stereocenters. The van der Waals surface area contributed by atoms with E-state index in [0.29, 0.717) is 0 Å². The van der Waals surface area contributed by atoms with Crippen molar-refractivity contribution in [3.05, 3.63) is 33.9 Å². The van der Waals surface area contributed by atoms with Gasteiger partial charge in [-0.2, -0.15) is 0 Å². The van der Waals surface area contributed by atoms with Crippen LogP contribution >= 0.6 is 0 Å². The summed E-state index contributed by atoms with van der Waals surface area (Å²) in [7, 11) is -4.28. The lowest BCUT2D eigenvalue weighted by Gasteiger charge is -2.07. The molecule has 0 N–H and O–H groups in total. The first-order valence-corrected chi connectivity index (χ1v) is 8.22. The smallest absolute Gasteiger partial charge is 0.338 e. The summed E-state index contributed by atoms with van der Waals surface area (Å²) in [6.45, 7) is 3.11. The summed E-state index contributed by atoms with van der Waals surface area (Å²) < 4.78 is 33.5. The molecule has 0 aromatic heterocycles. The Bertz CT molecular complexity index is 725. The summed E-state index contributed by atoms with van der Waals surface area (Å²) in [4.78, 5) is 32.4. The predicted octanol–water partition coefficient (Wildman–Crippen LogP) is 1.11. The zero-order chi connectivity index (χ0) is 17.6. The van der Waals surface area contributed by atoms with Gasteiger partial charge in [0.05, 0.1) is 23.7 Å². The molecule has 0 atom stereocenters. The Hall–Kier alpha value is -2.49. The summed E-state index contributed by atoms with van der Waals surface area (Å²) >= 11 is 0. The topological polar surface area (TPSA) is 130 Å². The fraction of sp³-hybridized carbons (Fsp3) is 0.385. The van der Waals surface area contributed by atoms with Gasteiger partial charge in [-0.25, -0.2) is 13.2 Å². The summed E-state index contributed by atoms with van der Waals surface area (Å²) in [5.41, 5.74) is -0.964. The minimum Gasteiger partial charge on any atom is -0.465 e. The van der Waals surface area contributed by atoms with Gasteiger partial charge in [0.1, 0.15) is 4.90 Å². The zero-order valence-corrected chi connectivity index (χ0v) is 13.3. The van der Waals surface area contributed by atoms with Crippen LogP contribution in [0.1, 0.15) is 24.2 Å². The van der Waals surface area contributed by atoms with Gasteiger partial charge in [0, 0.05) is 6.07 Å². The van der Waals surface area contributed by atoms with Gasteiger partial charge in [-0.15, -0.1) is 0 Å². The number of ether oxygens (including phenoxy) is 2. The molecule has 0 aliphatic carbocycles. The molecule has 0 fully saturated rings. The summed E-state index contributed by atoms with van der Waals surface area (Å²) in [6.07, 6.45) is 0. The van der Waals surface area contributed by atoms with Gasteiger partial charge in [0.2, 0.25) is 0 Å². The first-order chi connectivity index (χ1) is 10.7. The van der Waals surface area contributed by atoms with Gasteiger partial charge in [-0.05, 0) is 26.0 Å². The molecule has 126 valence electrons. The van der Waals surface area contributed by atoms with E-state index in [1.807, 2.05) is 0 Å². The highest BCUT2D eigenvalue weighted by atomic mass is 32.2. The van der Waals surface area contributed by atoms with E-state index in [0.717, 1.165) is 18.2 Å². The third-order valence-electron chi connectivity index (χ3n) is 2.62. The number of carbonyl (C=O) groups is 2. The molecule has 0 saturated heterocycles. The highest BCUT2D eigenvalue weighted by molar-refractivity contribution is 7.92. The number of nitro benzene ring substituents is 1. The molecule has 0 aliphatic rings. The molecule has 23 heavy (non-hydrogen) atoms. The Labute approximate surface area is 132 Å². The number of hydrogen-bond donors (Lipinski definition) is 0. The minimum atomic E-state index is -4.28. The molecule has 1 aromatic rings. The third-order valence-corrected chi connectivity index (χ3v) is 4.25.